The van der Waals surface area contributed by atoms with Crippen LogP contribution >= 0.6 is 0 Å². The van der Waals surface area contributed by atoms with E-state index in [-0.39, 0.29) is 28.0 Å². The summed E-state index contributed by atoms with van der Waals surface area (Å²) in [5.74, 6) is -1.95. The van der Waals surface area contributed by atoms with E-state index < -0.39 is 49.7 Å². The second kappa shape index (κ2) is 16.1. The van der Waals surface area contributed by atoms with Crippen LogP contribution in [-0.4, -0.2) is 73.5 Å². The Kier molecular flexibility index (Phi) is 12.2. The second-order valence-corrected chi connectivity index (χ2v) is 14.7. The first kappa shape index (κ1) is 36.4. The minimum absolute atomic E-state index is 0.00320. The molecule has 0 aromatic heterocycles. The fraction of sp³-hybridized carbons (Fsp3) is 0.323. The molecule has 0 amide bonds. The Balaban J connectivity index is 0.000000229. The minimum atomic E-state index is -3.90. The lowest BCUT2D eigenvalue weighted by atomic mass is 10.0. The monoisotopic (exact) mass is 706 g/mol. The number of oxime groups is 2. The first-order valence-electron chi connectivity index (χ1n) is 15.0. The first-order chi connectivity index (χ1) is 22.9. The summed E-state index contributed by atoms with van der Waals surface area (Å²) in [6, 6.07) is 16.1. The van der Waals surface area contributed by atoms with Crippen LogP contribution in [0.1, 0.15) is 48.9 Å². The summed E-state index contributed by atoms with van der Waals surface area (Å²) in [4.78, 5) is 16.9. The Hall–Kier alpha value is -4.45. The van der Waals surface area contributed by atoms with Gasteiger partial charge in [0.15, 0.2) is 11.7 Å². The number of rotatable bonds is 8. The maximum atomic E-state index is 13.1. The Morgan fingerprint density at radius 3 is 1.58 bits per heavy atom. The third kappa shape index (κ3) is 8.71. The Morgan fingerprint density at radius 2 is 1.15 bits per heavy atom. The SMILES string of the molecule is N/C(=N\O)[C@@H]1CCCCN1S(=O)(=O)c1ccc(F)cc1.N/C(=N\OC(=O)c1ccccc1)[C@@H]1CCCCN1S(=O)(=O)c1ccc(F)cc1. The number of carbonyl (C=O) groups is 1. The molecule has 3 aromatic carbocycles. The van der Waals surface area contributed by atoms with Crippen LogP contribution < -0.4 is 11.5 Å². The molecule has 2 atom stereocenters. The van der Waals surface area contributed by atoms with Gasteiger partial charge >= 0.3 is 5.97 Å². The van der Waals surface area contributed by atoms with Crippen LogP contribution in [0, 0.1) is 11.6 Å². The van der Waals surface area contributed by atoms with Crippen molar-refractivity contribution in [3.8, 4) is 0 Å². The zero-order chi connectivity index (χ0) is 34.9. The summed E-state index contributed by atoms with van der Waals surface area (Å²) in [5, 5.41) is 15.4. The zero-order valence-corrected chi connectivity index (χ0v) is 27.4. The normalized spacial score (nSPS) is 20.0. The maximum absolute atomic E-state index is 13.1. The van der Waals surface area contributed by atoms with E-state index in [2.05, 4.69) is 10.3 Å². The number of hydrogen-bond acceptors (Lipinski definition) is 9. The molecular weight excluding hydrogens is 671 g/mol. The van der Waals surface area contributed by atoms with Crippen LogP contribution in [0.5, 0.6) is 0 Å². The molecule has 0 spiro atoms. The molecule has 2 heterocycles. The molecule has 0 radical (unpaired) electrons. The van der Waals surface area contributed by atoms with Gasteiger partial charge in [-0.3, -0.25) is 0 Å². The molecule has 0 unspecified atom stereocenters. The number of amidine groups is 2. The molecule has 258 valence electrons. The lowest BCUT2D eigenvalue weighted by molar-refractivity contribution is 0.0512. The molecule has 2 aliphatic heterocycles. The van der Waals surface area contributed by atoms with Crippen molar-refractivity contribution < 1.29 is 40.5 Å². The lowest BCUT2D eigenvalue weighted by Gasteiger charge is -2.33. The number of nitrogens with zero attached hydrogens (tertiary/aromatic N) is 4. The predicted molar refractivity (Wildman–Crippen MR) is 173 cm³/mol. The number of benzene rings is 3. The van der Waals surface area contributed by atoms with E-state index in [0.717, 1.165) is 37.1 Å². The summed E-state index contributed by atoms with van der Waals surface area (Å²) in [7, 11) is -7.69. The first-order valence-corrected chi connectivity index (χ1v) is 17.9. The molecule has 5 rings (SSSR count). The quantitative estimate of drug-likeness (QED) is 0.103. The number of halogens is 2. The van der Waals surface area contributed by atoms with Gasteiger partial charge in [0.1, 0.15) is 11.6 Å². The summed E-state index contributed by atoms with van der Waals surface area (Å²) in [6.07, 6.45) is 3.86. The van der Waals surface area contributed by atoms with Crippen LogP contribution in [0.15, 0.2) is 99.0 Å². The Labute approximate surface area is 277 Å². The highest BCUT2D eigenvalue weighted by Gasteiger charge is 2.37. The summed E-state index contributed by atoms with van der Waals surface area (Å²) in [6.45, 7) is 0.536. The Morgan fingerprint density at radius 1 is 0.708 bits per heavy atom. The van der Waals surface area contributed by atoms with Gasteiger partial charge < -0.3 is 21.5 Å². The van der Waals surface area contributed by atoms with Gasteiger partial charge in [0, 0.05) is 13.1 Å². The number of nitrogens with two attached hydrogens (primary N) is 2. The molecule has 0 bridgehead atoms. The second-order valence-electron chi connectivity index (χ2n) is 10.9. The largest absolute Gasteiger partial charge is 0.409 e. The smallest absolute Gasteiger partial charge is 0.365 e. The predicted octanol–water partition coefficient (Wildman–Crippen LogP) is 3.61. The molecule has 5 N–H and O–H groups in total. The number of sulfonamides is 2. The van der Waals surface area contributed by atoms with E-state index in [9.17, 15) is 30.4 Å². The van der Waals surface area contributed by atoms with Crippen molar-refractivity contribution >= 4 is 37.7 Å². The molecule has 3 aromatic rings. The van der Waals surface area contributed by atoms with Gasteiger partial charge in [0.2, 0.25) is 20.0 Å². The van der Waals surface area contributed by atoms with Gasteiger partial charge in [-0.25, -0.2) is 30.4 Å². The molecule has 48 heavy (non-hydrogen) atoms. The average molecular weight is 707 g/mol. The number of piperidine rings is 2. The van der Waals surface area contributed by atoms with Crippen molar-refractivity contribution in [1.82, 2.24) is 8.61 Å². The maximum Gasteiger partial charge on any atom is 0.365 e. The molecule has 0 aliphatic carbocycles. The molecular formula is C31H36F2N6O7S2. The number of hydrogen-bond donors (Lipinski definition) is 3. The van der Waals surface area contributed by atoms with Crippen molar-refractivity contribution in [2.24, 2.45) is 21.8 Å². The topological polar surface area (TPSA) is 198 Å². The van der Waals surface area contributed by atoms with E-state index in [1.165, 1.54) is 32.9 Å². The van der Waals surface area contributed by atoms with Gasteiger partial charge in [0.25, 0.3) is 0 Å². The lowest BCUT2D eigenvalue weighted by Crippen LogP contribution is -2.50. The van der Waals surface area contributed by atoms with E-state index in [1.807, 2.05) is 0 Å². The van der Waals surface area contributed by atoms with Gasteiger partial charge in [-0.2, -0.15) is 8.61 Å². The van der Waals surface area contributed by atoms with Gasteiger partial charge in [-0.1, -0.05) is 41.4 Å². The van der Waals surface area contributed by atoms with Crippen molar-refractivity contribution in [2.45, 2.75) is 60.4 Å². The molecule has 13 nitrogen and oxygen atoms in total. The van der Waals surface area contributed by atoms with Crippen molar-refractivity contribution in [3.05, 3.63) is 96.1 Å². The zero-order valence-electron chi connectivity index (χ0n) is 25.7. The van der Waals surface area contributed by atoms with Gasteiger partial charge in [-0.05, 0) is 86.3 Å². The summed E-state index contributed by atoms with van der Waals surface area (Å²) < 4.78 is 79.5. The van der Waals surface area contributed by atoms with E-state index in [0.29, 0.717) is 37.8 Å². The van der Waals surface area contributed by atoms with Crippen molar-refractivity contribution in [3.63, 3.8) is 0 Å². The van der Waals surface area contributed by atoms with E-state index in [1.54, 1.807) is 30.3 Å². The Bertz CT molecular complexity index is 1830. The standard InChI is InChI=1S/C19H20FN3O4S.C12H16FN3O3S/c20-15-9-11-16(12-10-15)28(25,26)23-13-5-4-8-17(23)18(21)22-27-19(24)14-6-2-1-3-7-14;13-9-4-6-10(7-5-9)20(18,19)16-8-2-1-3-11(16)12(14)15-17/h1-3,6-7,9-12,17H,4-5,8,13H2,(H2,21,22);4-7,11,17H,1-3,8H2,(H2,14,15)/t17-;11-/m00/s1. The highest BCUT2D eigenvalue weighted by molar-refractivity contribution is 7.89. The van der Waals surface area contributed by atoms with Gasteiger partial charge in [-0.15, -0.1) is 0 Å². The van der Waals surface area contributed by atoms with Crippen LogP contribution in [0.3, 0.4) is 0 Å². The third-order valence-electron chi connectivity index (χ3n) is 7.79. The van der Waals surface area contributed by atoms with Gasteiger partial charge in [0.05, 0.1) is 27.4 Å². The molecule has 2 fully saturated rings. The highest BCUT2D eigenvalue weighted by Crippen LogP contribution is 2.27. The molecule has 2 aliphatic rings. The molecule has 2 saturated heterocycles. The minimum Gasteiger partial charge on any atom is -0.409 e. The summed E-state index contributed by atoms with van der Waals surface area (Å²) >= 11 is 0. The molecule has 17 heteroatoms. The fourth-order valence-electron chi connectivity index (χ4n) is 5.31. The van der Waals surface area contributed by atoms with E-state index >= 15 is 0 Å². The van der Waals surface area contributed by atoms with E-state index in [4.69, 9.17) is 21.5 Å². The van der Waals surface area contributed by atoms with Crippen LogP contribution in [0.2, 0.25) is 0 Å². The van der Waals surface area contributed by atoms with Crippen LogP contribution in [-0.2, 0) is 24.9 Å². The van der Waals surface area contributed by atoms with Crippen molar-refractivity contribution in [1.29, 1.82) is 0 Å². The van der Waals surface area contributed by atoms with Crippen LogP contribution in [0.25, 0.3) is 0 Å². The summed E-state index contributed by atoms with van der Waals surface area (Å²) in [5.41, 5.74) is 11.8. The number of carbonyl (C=O) groups excluding carboxylic acids is 1. The van der Waals surface area contributed by atoms with Crippen molar-refractivity contribution in [2.75, 3.05) is 13.1 Å². The van der Waals surface area contributed by atoms with Crippen LogP contribution in [0.4, 0.5) is 8.78 Å². The fourth-order valence-corrected chi connectivity index (χ4v) is 8.65. The average Bonchev–Trinajstić information content (AvgIpc) is 3.11. The molecule has 0 saturated carbocycles. The highest BCUT2D eigenvalue weighted by atomic mass is 32.2. The third-order valence-corrected chi connectivity index (χ3v) is 11.6.